The van der Waals surface area contributed by atoms with Crippen molar-refractivity contribution in [1.82, 2.24) is 4.57 Å². The average Bonchev–Trinajstić information content (AvgIpc) is 2.29. The summed E-state index contributed by atoms with van der Waals surface area (Å²) in [6.07, 6.45) is 3.46. The Bertz CT molecular complexity index is 358. The topological polar surface area (TPSA) is 22.0 Å². The predicted octanol–water partition coefficient (Wildman–Crippen LogP) is 2.24. The Morgan fingerprint density at radius 3 is 2.46 bits per heavy atom. The predicted molar refractivity (Wildman–Crippen MR) is 54.6 cm³/mol. The third-order valence-electron chi connectivity index (χ3n) is 2.31. The number of aryl methyl sites for hydroxylation is 1. The summed E-state index contributed by atoms with van der Waals surface area (Å²) in [5, 5.41) is 0. The van der Waals surface area contributed by atoms with Gasteiger partial charge in [-0.3, -0.25) is 4.79 Å². The summed E-state index contributed by atoms with van der Waals surface area (Å²) in [5.74, 6) is 0.0842. The second kappa shape index (κ2) is 3.60. The maximum absolute atomic E-state index is 10.7. The van der Waals surface area contributed by atoms with Crippen LogP contribution in [0, 0.1) is 13.8 Å². The molecule has 0 saturated carbocycles. The molecule has 0 aliphatic carbocycles. The van der Waals surface area contributed by atoms with E-state index in [2.05, 4.69) is 17.6 Å². The van der Waals surface area contributed by atoms with Gasteiger partial charge in [0, 0.05) is 18.4 Å². The maximum atomic E-state index is 10.7. The van der Waals surface area contributed by atoms with Crippen LogP contribution < -0.4 is 0 Å². The van der Waals surface area contributed by atoms with Crippen LogP contribution in [0.25, 0.3) is 6.08 Å². The fourth-order valence-electron chi connectivity index (χ4n) is 1.26. The molecule has 0 spiro atoms. The highest BCUT2D eigenvalue weighted by Gasteiger charge is 2.02. The van der Waals surface area contributed by atoms with Crippen LogP contribution >= 0.6 is 0 Å². The fourth-order valence-corrected chi connectivity index (χ4v) is 1.26. The molecule has 0 N–H and O–H groups in total. The molecule has 1 rings (SSSR count). The van der Waals surface area contributed by atoms with E-state index in [1.807, 2.05) is 20.0 Å². The Morgan fingerprint density at radius 2 is 2.08 bits per heavy atom. The number of allylic oxidation sites excluding steroid dienone is 1. The number of nitrogens with zero attached hydrogens (tertiary/aromatic N) is 1. The smallest absolute Gasteiger partial charge is 0.152 e. The molecule has 0 saturated heterocycles. The number of ketones is 1. The minimum absolute atomic E-state index is 0.0842. The van der Waals surface area contributed by atoms with Crippen LogP contribution in [0.15, 0.2) is 12.1 Å². The molecule has 1 aromatic heterocycles. The van der Waals surface area contributed by atoms with Crippen LogP contribution in [0.2, 0.25) is 0 Å². The third-order valence-corrected chi connectivity index (χ3v) is 2.31. The summed E-state index contributed by atoms with van der Waals surface area (Å²) in [7, 11) is 2.02. The van der Waals surface area contributed by atoms with Gasteiger partial charge >= 0.3 is 0 Å². The van der Waals surface area contributed by atoms with Crippen molar-refractivity contribution in [3.05, 3.63) is 29.1 Å². The van der Waals surface area contributed by atoms with Crippen molar-refractivity contribution in [3.8, 4) is 0 Å². The number of carbonyl (C=O) groups excluding carboxylic acids is 1. The first-order valence-corrected chi connectivity index (χ1v) is 4.34. The van der Waals surface area contributed by atoms with Crippen molar-refractivity contribution in [2.24, 2.45) is 7.05 Å². The lowest BCUT2D eigenvalue weighted by molar-refractivity contribution is -0.112. The third kappa shape index (κ3) is 2.08. The van der Waals surface area contributed by atoms with Crippen LogP contribution in [0.1, 0.15) is 23.9 Å². The molecule has 0 fully saturated rings. The van der Waals surface area contributed by atoms with E-state index in [0.29, 0.717) is 0 Å². The maximum Gasteiger partial charge on any atom is 0.152 e. The minimum Gasteiger partial charge on any atom is -0.352 e. The fraction of sp³-hybridized carbons (Fsp3) is 0.364. The zero-order chi connectivity index (χ0) is 10.0. The lowest BCUT2D eigenvalue weighted by atomic mass is 10.2. The van der Waals surface area contributed by atoms with E-state index in [1.165, 1.54) is 11.4 Å². The monoisotopic (exact) mass is 177 g/mol. The van der Waals surface area contributed by atoms with Crippen LogP contribution in [0.4, 0.5) is 0 Å². The first kappa shape index (κ1) is 9.78. The van der Waals surface area contributed by atoms with Gasteiger partial charge in [0.2, 0.25) is 0 Å². The lowest BCUT2D eigenvalue weighted by Gasteiger charge is -1.98. The summed E-state index contributed by atoms with van der Waals surface area (Å²) in [4.78, 5) is 10.7. The normalized spacial score (nSPS) is 11.1. The van der Waals surface area contributed by atoms with E-state index >= 15 is 0 Å². The van der Waals surface area contributed by atoms with Crippen LogP contribution in [-0.2, 0) is 11.8 Å². The Hall–Kier alpha value is -1.31. The molecule has 0 aliphatic heterocycles. The number of aromatic nitrogens is 1. The molecule has 0 unspecified atom stereocenters. The molecule has 0 radical (unpaired) electrons. The van der Waals surface area contributed by atoms with Crippen molar-refractivity contribution in [3.63, 3.8) is 0 Å². The molecule has 0 bridgehead atoms. The molecule has 70 valence electrons. The van der Waals surface area contributed by atoms with E-state index in [4.69, 9.17) is 0 Å². The zero-order valence-electron chi connectivity index (χ0n) is 8.59. The van der Waals surface area contributed by atoms with Gasteiger partial charge in [0.05, 0.1) is 0 Å². The molecular weight excluding hydrogens is 162 g/mol. The average molecular weight is 177 g/mol. The van der Waals surface area contributed by atoms with E-state index in [-0.39, 0.29) is 5.78 Å². The molecular formula is C11H15NO. The van der Waals surface area contributed by atoms with E-state index in [9.17, 15) is 4.79 Å². The summed E-state index contributed by atoms with van der Waals surface area (Å²) >= 11 is 0. The minimum atomic E-state index is 0.0842. The molecule has 2 heteroatoms. The van der Waals surface area contributed by atoms with Gasteiger partial charge in [-0.15, -0.1) is 0 Å². The highest BCUT2D eigenvalue weighted by atomic mass is 16.1. The zero-order valence-corrected chi connectivity index (χ0v) is 8.59. The van der Waals surface area contributed by atoms with E-state index < -0.39 is 0 Å². The van der Waals surface area contributed by atoms with Crippen molar-refractivity contribution in [2.45, 2.75) is 20.8 Å². The Labute approximate surface area is 78.9 Å². The molecule has 1 aromatic rings. The van der Waals surface area contributed by atoms with Gasteiger partial charge in [0.1, 0.15) is 0 Å². The van der Waals surface area contributed by atoms with Crippen molar-refractivity contribution >= 4 is 11.9 Å². The van der Waals surface area contributed by atoms with Gasteiger partial charge in [0.15, 0.2) is 5.78 Å². The highest BCUT2D eigenvalue weighted by molar-refractivity contribution is 5.91. The Morgan fingerprint density at radius 1 is 1.46 bits per heavy atom. The van der Waals surface area contributed by atoms with E-state index in [1.54, 1.807) is 13.0 Å². The van der Waals surface area contributed by atoms with Crippen molar-refractivity contribution in [1.29, 1.82) is 0 Å². The second-order valence-electron chi connectivity index (χ2n) is 3.33. The van der Waals surface area contributed by atoms with Crippen LogP contribution in [-0.4, -0.2) is 10.4 Å². The lowest BCUT2D eigenvalue weighted by Crippen LogP contribution is -1.92. The summed E-state index contributed by atoms with van der Waals surface area (Å²) in [6.45, 7) is 5.66. The molecule has 2 nitrogen and oxygen atoms in total. The quantitative estimate of drug-likeness (QED) is 0.635. The Kier molecular flexibility index (Phi) is 2.71. The van der Waals surface area contributed by atoms with Crippen LogP contribution in [0.3, 0.4) is 0 Å². The number of hydrogen-bond acceptors (Lipinski definition) is 1. The summed E-state index contributed by atoms with van der Waals surface area (Å²) in [5.41, 5.74) is 3.52. The SMILES string of the molecule is CC(=O)C=Cc1cc(C)n(C)c1C. The number of hydrogen-bond donors (Lipinski definition) is 0. The van der Waals surface area contributed by atoms with Crippen LogP contribution in [0.5, 0.6) is 0 Å². The second-order valence-corrected chi connectivity index (χ2v) is 3.33. The summed E-state index contributed by atoms with van der Waals surface area (Å²) in [6, 6.07) is 2.08. The number of rotatable bonds is 2. The highest BCUT2D eigenvalue weighted by Crippen LogP contribution is 2.14. The van der Waals surface area contributed by atoms with Crippen molar-refractivity contribution in [2.75, 3.05) is 0 Å². The molecule has 13 heavy (non-hydrogen) atoms. The molecule has 1 heterocycles. The van der Waals surface area contributed by atoms with Gasteiger partial charge in [-0.2, -0.15) is 0 Å². The van der Waals surface area contributed by atoms with Gasteiger partial charge < -0.3 is 4.57 Å². The molecule has 0 aromatic carbocycles. The van der Waals surface area contributed by atoms with Gasteiger partial charge in [-0.25, -0.2) is 0 Å². The summed E-state index contributed by atoms with van der Waals surface area (Å²) < 4.78 is 2.11. The standard InChI is InChI=1S/C11H15NO/c1-8-7-11(6-5-9(2)13)10(3)12(8)4/h5-7H,1-4H3. The number of carbonyl (C=O) groups is 1. The van der Waals surface area contributed by atoms with Crippen molar-refractivity contribution < 1.29 is 4.79 Å². The first-order valence-electron chi connectivity index (χ1n) is 4.34. The Balaban J connectivity index is 3.03. The van der Waals surface area contributed by atoms with Gasteiger partial charge in [-0.05, 0) is 44.6 Å². The van der Waals surface area contributed by atoms with E-state index in [0.717, 1.165) is 5.56 Å². The van der Waals surface area contributed by atoms with Gasteiger partial charge in [0.25, 0.3) is 0 Å². The molecule has 0 atom stereocenters. The largest absolute Gasteiger partial charge is 0.352 e. The molecule has 0 aliphatic rings. The molecule has 0 amide bonds. The first-order chi connectivity index (χ1) is 6.02. The van der Waals surface area contributed by atoms with Gasteiger partial charge in [-0.1, -0.05) is 0 Å².